The summed E-state index contributed by atoms with van der Waals surface area (Å²) in [6.07, 6.45) is 8.60. The number of carbonyl (C=O) groups excluding carboxylic acids is 3. The summed E-state index contributed by atoms with van der Waals surface area (Å²) < 4.78 is 5.37. The van der Waals surface area contributed by atoms with Gasteiger partial charge in [-0.15, -0.1) is 0 Å². The largest absolute Gasteiger partial charge is 0.478 e. The lowest BCUT2D eigenvalue weighted by atomic mass is 9.87. The number of amides is 2. The monoisotopic (exact) mass is 507 g/mol. The highest BCUT2D eigenvalue weighted by Gasteiger charge is 2.27. The van der Waals surface area contributed by atoms with E-state index in [-0.39, 0.29) is 35.9 Å². The number of carboxylic acids is 1. The molecule has 1 rings (SSSR count). The van der Waals surface area contributed by atoms with Crippen molar-refractivity contribution in [2.45, 2.75) is 84.0 Å². The second-order valence-corrected chi connectivity index (χ2v) is 9.54. The summed E-state index contributed by atoms with van der Waals surface area (Å²) in [5.74, 6) is -2.68. The maximum absolute atomic E-state index is 12.6. The lowest BCUT2D eigenvalue weighted by molar-refractivity contribution is -0.135. The van der Waals surface area contributed by atoms with Crippen molar-refractivity contribution in [1.29, 1.82) is 0 Å². The Morgan fingerprint density at radius 1 is 1.11 bits per heavy atom. The molecule has 0 bridgehead atoms. The van der Waals surface area contributed by atoms with Gasteiger partial charge < -0.3 is 20.1 Å². The quantitative estimate of drug-likeness (QED) is 0.108. The molecule has 2 amide bonds. The van der Waals surface area contributed by atoms with E-state index < -0.39 is 30.2 Å². The van der Waals surface area contributed by atoms with E-state index in [0.717, 1.165) is 6.08 Å². The topological polar surface area (TPSA) is 150 Å². The maximum Gasteiger partial charge on any atom is 0.327 e. The predicted molar refractivity (Wildman–Crippen MR) is 135 cm³/mol. The van der Waals surface area contributed by atoms with E-state index in [0.29, 0.717) is 44.1 Å². The van der Waals surface area contributed by atoms with Crippen LogP contribution in [-0.2, 0) is 23.9 Å². The Kier molecular flexibility index (Phi) is 14.1. The zero-order valence-electron chi connectivity index (χ0n) is 21.7. The van der Waals surface area contributed by atoms with Crippen LogP contribution in [0.15, 0.2) is 36.0 Å². The number of aliphatic hydroxyl groups is 2. The Morgan fingerprint density at radius 3 is 2.31 bits per heavy atom. The Labute approximate surface area is 213 Å². The number of rotatable bonds is 16. The first-order valence-corrected chi connectivity index (χ1v) is 12.4. The second-order valence-electron chi connectivity index (χ2n) is 9.54. The van der Waals surface area contributed by atoms with E-state index >= 15 is 0 Å². The number of methoxy groups -OCH3 is 1. The fourth-order valence-electron chi connectivity index (χ4n) is 4.27. The first-order chi connectivity index (χ1) is 17.0. The standard InChI is InChI=1S/C27H41NO8/c1-17(14-18(2)27(35)22(36-4)12-7-5-6-8-13-25(32)33)26(34)19(3)21(29)11-9-10-20-15-23(30)28-24(31)16-20/h7-8,12-14,18-20,22,26-27,34-35H,5-6,9-11,15-16H2,1-4H3,(H,32,33)(H,28,30,31)/b12-7+,13-8+,17-14+/t18-,19+,22-,26-,27+/m1/s1. The van der Waals surface area contributed by atoms with Crippen LogP contribution in [-0.4, -0.2) is 64.3 Å². The van der Waals surface area contributed by atoms with Crippen LogP contribution < -0.4 is 5.32 Å². The minimum atomic E-state index is -0.994. The number of aliphatic carboxylic acids is 1. The molecule has 0 unspecified atom stereocenters. The van der Waals surface area contributed by atoms with Gasteiger partial charge >= 0.3 is 5.97 Å². The number of Topliss-reactive ketones (excluding diaryl/α,β-unsaturated/α-hetero) is 1. The molecule has 1 fully saturated rings. The van der Waals surface area contributed by atoms with Crippen molar-refractivity contribution >= 4 is 23.6 Å². The summed E-state index contributed by atoms with van der Waals surface area (Å²) in [5.41, 5.74) is 0.578. The number of ketones is 1. The van der Waals surface area contributed by atoms with Crippen molar-refractivity contribution in [2.24, 2.45) is 17.8 Å². The van der Waals surface area contributed by atoms with Crippen molar-refractivity contribution in [3.8, 4) is 0 Å². The highest BCUT2D eigenvalue weighted by atomic mass is 16.5. The van der Waals surface area contributed by atoms with Crippen LogP contribution in [0.4, 0.5) is 0 Å². The van der Waals surface area contributed by atoms with Gasteiger partial charge in [-0.1, -0.05) is 38.2 Å². The molecule has 0 aliphatic carbocycles. The number of imide groups is 1. The summed E-state index contributed by atoms with van der Waals surface area (Å²) in [4.78, 5) is 46.0. The van der Waals surface area contributed by atoms with E-state index in [1.165, 1.54) is 7.11 Å². The molecule has 1 heterocycles. The molecule has 9 nitrogen and oxygen atoms in total. The minimum Gasteiger partial charge on any atom is -0.478 e. The molecule has 4 N–H and O–H groups in total. The normalized spacial score (nSPS) is 19.8. The average Bonchev–Trinajstić information content (AvgIpc) is 2.81. The van der Waals surface area contributed by atoms with Crippen LogP contribution in [0.5, 0.6) is 0 Å². The lowest BCUT2D eigenvalue weighted by Gasteiger charge is -2.25. The fraction of sp³-hybridized carbons (Fsp3) is 0.630. The van der Waals surface area contributed by atoms with Crippen LogP contribution in [0.2, 0.25) is 0 Å². The van der Waals surface area contributed by atoms with Crippen LogP contribution in [0, 0.1) is 17.8 Å². The summed E-state index contributed by atoms with van der Waals surface area (Å²) in [5, 5.41) is 32.3. The molecule has 0 radical (unpaired) electrons. The van der Waals surface area contributed by atoms with Gasteiger partial charge in [-0.25, -0.2) is 4.79 Å². The van der Waals surface area contributed by atoms with Gasteiger partial charge in [0.2, 0.25) is 11.8 Å². The molecule has 9 heteroatoms. The number of hydrogen-bond acceptors (Lipinski definition) is 7. The predicted octanol–water partition coefficient (Wildman–Crippen LogP) is 2.71. The highest BCUT2D eigenvalue weighted by Crippen LogP contribution is 2.23. The summed E-state index contributed by atoms with van der Waals surface area (Å²) in [7, 11) is 1.48. The first-order valence-electron chi connectivity index (χ1n) is 12.4. The van der Waals surface area contributed by atoms with Crippen molar-refractivity contribution in [1.82, 2.24) is 5.32 Å². The Balaban J connectivity index is 2.57. The molecule has 1 saturated heterocycles. The highest BCUT2D eigenvalue weighted by molar-refractivity contribution is 5.97. The third-order valence-electron chi connectivity index (χ3n) is 6.47. The van der Waals surface area contributed by atoms with E-state index in [1.807, 2.05) is 6.08 Å². The van der Waals surface area contributed by atoms with Crippen molar-refractivity contribution < 1.29 is 39.2 Å². The molecule has 202 valence electrons. The second kappa shape index (κ2) is 16.2. The smallest absolute Gasteiger partial charge is 0.327 e. The third kappa shape index (κ3) is 11.4. The van der Waals surface area contributed by atoms with Gasteiger partial charge in [0.05, 0.1) is 12.2 Å². The maximum atomic E-state index is 12.6. The molecule has 0 aromatic carbocycles. The number of unbranched alkanes of at least 4 members (excludes halogenated alkanes) is 1. The van der Waals surface area contributed by atoms with Gasteiger partial charge in [0.1, 0.15) is 11.9 Å². The number of hydrogen-bond donors (Lipinski definition) is 4. The van der Waals surface area contributed by atoms with Gasteiger partial charge in [-0.2, -0.15) is 0 Å². The zero-order chi connectivity index (χ0) is 27.3. The number of ether oxygens (including phenoxy) is 1. The number of piperidine rings is 1. The molecule has 1 aliphatic heterocycles. The lowest BCUT2D eigenvalue weighted by Crippen LogP contribution is -2.38. The van der Waals surface area contributed by atoms with Gasteiger partial charge in [0.15, 0.2) is 0 Å². The number of carboxylic acid groups (broad SMARTS) is 1. The van der Waals surface area contributed by atoms with Gasteiger partial charge in [-0.05, 0) is 44.1 Å². The molecule has 5 atom stereocenters. The summed E-state index contributed by atoms with van der Waals surface area (Å²) >= 11 is 0. The average molecular weight is 508 g/mol. The van der Waals surface area contributed by atoms with E-state index in [2.05, 4.69) is 5.32 Å². The molecule has 0 spiro atoms. The molecular formula is C27H41NO8. The van der Waals surface area contributed by atoms with Crippen molar-refractivity contribution in [3.63, 3.8) is 0 Å². The third-order valence-corrected chi connectivity index (χ3v) is 6.47. The number of nitrogens with one attached hydrogen (secondary N) is 1. The molecular weight excluding hydrogens is 466 g/mol. The number of allylic oxidation sites excluding steroid dienone is 2. The van der Waals surface area contributed by atoms with E-state index in [1.54, 1.807) is 39.0 Å². The molecule has 1 aliphatic rings. The number of carbonyl (C=O) groups is 4. The van der Waals surface area contributed by atoms with Crippen molar-refractivity contribution in [2.75, 3.05) is 7.11 Å². The van der Waals surface area contributed by atoms with E-state index in [4.69, 9.17) is 9.84 Å². The van der Waals surface area contributed by atoms with Gasteiger partial charge in [-0.3, -0.25) is 19.7 Å². The molecule has 36 heavy (non-hydrogen) atoms. The minimum absolute atomic E-state index is 0.0489. The Morgan fingerprint density at radius 2 is 1.72 bits per heavy atom. The molecule has 0 aromatic heterocycles. The van der Waals surface area contributed by atoms with Crippen molar-refractivity contribution in [3.05, 3.63) is 36.0 Å². The Hall–Kier alpha value is -2.62. The SMILES string of the molecule is CO[C@H](/C=C/CC/C=C/C(=O)O)[C@@H](O)[C@H](C)/C=C(\C)[C@@H](O)[C@@H](C)C(=O)CCCC1CC(=O)NC(=O)C1. The van der Waals surface area contributed by atoms with Crippen LogP contribution in [0.1, 0.15) is 65.7 Å². The number of aliphatic hydroxyl groups excluding tert-OH is 2. The molecule has 0 saturated carbocycles. The fourth-order valence-corrected chi connectivity index (χ4v) is 4.27. The Bertz CT molecular complexity index is 831. The van der Waals surface area contributed by atoms with Gasteiger partial charge in [0.25, 0.3) is 0 Å². The summed E-state index contributed by atoms with van der Waals surface area (Å²) in [6, 6.07) is 0. The van der Waals surface area contributed by atoms with E-state index in [9.17, 15) is 29.4 Å². The summed E-state index contributed by atoms with van der Waals surface area (Å²) in [6.45, 7) is 5.18. The van der Waals surface area contributed by atoms with Gasteiger partial charge in [0, 0.05) is 44.3 Å². The van der Waals surface area contributed by atoms with Crippen LogP contribution in [0.25, 0.3) is 0 Å². The van der Waals surface area contributed by atoms with Crippen LogP contribution in [0.3, 0.4) is 0 Å². The first kappa shape index (κ1) is 31.4. The van der Waals surface area contributed by atoms with Crippen LogP contribution >= 0.6 is 0 Å². The molecule has 0 aromatic rings. The zero-order valence-corrected chi connectivity index (χ0v) is 21.7.